The number of halogens is 2. The van der Waals surface area contributed by atoms with E-state index >= 15 is 0 Å². The summed E-state index contributed by atoms with van der Waals surface area (Å²) in [5, 5.41) is 9.38. The van der Waals surface area contributed by atoms with E-state index in [9.17, 15) is 0 Å². The van der Waals surface area contributed by atoms with Gasteiger partial charge in [-0.3, -0.25) is 0 Å². The minimum Gasteiger partial charge on any atom is -0.476 e. The zero-order valence-corrected chi connectivity index (χ0v) is 8.43. The van der Waals surface area contributed by atoms with Crippen molar-refractivity contribution >= 4 is 23.2 Å². The predicted octanol–water partition coefficient (Wildman–Crippen LogP) is 3.28. The lowest BCUT2D eigenvalue weighted by atomic mass is 10.3. The Labute approximate surface area is 86.6 Å². The van der Waals surface area contributed by atoms with Gasteiger partial charge in [0.25, 0.3) is 0 Å². The molecule has 0 aliphatic carbocycles. The van der Waals surface area contributed by atoms with Gasteiger partial charge >= 0.3 is 0 Å². The van der Waals surface area contributed by atoms with E-state index in [4.69, 9.17) is 33.2 Å². The molecule has 0 amide bonds. The molecule has 0 saturated carbocycles. The second-order valence-corrected chi connectivity index (χ2v) is 3.28. The monoisotopic (exact) mass is 215 g/mol. The SMILES string of the molecule is CC(C#N)Oc1ccc(Cl)c(Cl)c1. The Bertz CT molecular complexity index is 346. The first-order chi connectivity index (χ1) is 6.13. The molecule has 1 rings (SSSR count). The molecule has 1 unspecified atom stereocenters. The minimum atomic E-state index is -0.489. The van der Waals surface area contributed by atoms with Crippen LogP contribution in [0.15, 0.2) is 18.2 Å². The quantitative estimate of drug-likeness (QED) is 0.759. The van der Waals surface area contributed by atoms with E-state index in [1.807, 2.05) is 6.07 Å². The van der Waals surface area contributed by atoms with Crippen LogP contribution in [0.25, 0.3) is 0 Å². The molecule has 0 aliphatic rings. The van der Waals surface area contributed by atoms with Crippen molar-refractivity contribution in [3.63, 3.8) is 0 Å². The van der Waals surface area contributed by atoms with Crippen LogP contribution < -0.4 is 4.74 Å². The molecule has 0 aromatic heterocycles. The van der Waals surface area contributed by atoms with Gasteiger partial charge in [-0.25, -0.2) is 0 Å². The van der Waals surface area contributed by atoms with Gasteiger partial charge in [0.05, 0.1) is 10.0 Å². The van der Waals surface area contributed by atoms with Crippen molar-refractivity contribution in [3.05, 3.63) is 28.2 Å². The lowest BCUT2D eigenvalue weighted by molar-refractivity contribution is 0.276. The Morgan fingerprint density at radius 2 is 2.08 bits per heavy atom. The van der Waals surface area contributed by atoms with E-state index < -0.39 is 6.10 Å². The first-order valence-corrected chi connectivity index (χ1v) is 4.40. The van der Waals surface area contributed by atoms with Crippen molar-refractivity contribution in [3.8, 4) is 11.8 Å². The first kappa shape index (κ1) is 10.2. The molecular weight excluding hydrogens is 209 g/mol. The average Bonchev–Trinajstić information content (AvgIpc) is 2.11. The summed E-state index contributed by atoms with van der Waals surface area (Å²) >= 11 is 11.4. The summed E-state index contributed by atoms with van der Waals surface area (Å²) in [5.41, 5.74) is 0. The highest BCUT2D eigenvalue weighted by Crippen LogP contribution is 2.26. The van der Waals surface area contributed by atoms with Gasteiger partial charge in [0, 0.05) is 6.07 Å². The van der Waals surface area contributed by atoms with Gasteiger partial charge in [-0.05, 0) is 19.1 Å². The lowest BCUT2D eigenvalue weighted by Gasteiger charge is -2.07. The fraction of sp³-hybridized carbons (Fsp3) is 0.222. The summed E-state index contributed by atoms with van der Waals surface area (Å²) in [6, 6.07) is 6.83. The number of ether oxygens (including phenoxy) is 1. The Kier molecular flexibility index (Phi) is 3.41. The van der Waals surface area contributed by atoms with Crippen LogP contribution in [0.1, 0.15) is 6.92 Å². The molecule has 1 atom stereocenters. The zero-order chi connectivity index (χ0) is 9.84. The van der Waals surface area contributed by atoms with Crippen LogP contribution in [0.3, 0.4) is 0 Å². The van der Waals surface area contributed by atoms with Gasteiger partial charge in [0.15, 0.2) is 6.10 Å². The normalized spacial score (nSPS) is 11.8. The smallest absolute Gasteiger partial charge is 0.181 e. The summed E-state index contributed by atoms with van der Waals surface area (Å²) in [6.45, 7) is 1.66. The summed E-state index contributed by atoms with van der Waals surface area (Å²) in [6.07, 6.45) is -0.489. The fourth-order valence-electron chi connectivity index (χ4n) is 0.781. The van der Waals surface area contributed by atoms with E-state index in [1.54, 1.807) is 25.1 Å². The van der Waals surface area contributed by atoms with Gasteiger partial charge in [-0.1, -0.05) is 23.2 Å². The summed E-state index contributed by atoms with van der Waals surface area (Å²) in [5.74, 6) is 0.545. The molecule has 0 spiro atoms. The van der Waals surface area contributed by atoms with Crippen LogP contribution >= 0.6 is 23.2 Å². The highest BCUT2D eigenvalue weighted by atomic mass is 35.5. The molecule has 0 bridgehead atoms. The molecule has 1 aromatic carbocycles. The second-order valence-electron chi connectivity index (χ2n) is 2.47. The van der Waals surface area contributed by atoms with Crippen molar-refractivity contribution in [1.82, 2.24) is 0 Å². The van der Waals surface area contributed by atoms with Gasteiger partial charge < -0.3 is 4.74 Å². The van der Waals surface area contributed by atoms with Crippen molar-refractivity contribution in [1.29, 1.82) is 5.26 Å². The summed E-state index contributed by atoms with van der Waals surface area (Å²) in [7, 11) is 0. The van der Waals surface area contributed by atoms with E-state index in [1.165, 1.54) is 0 Å². The lowest BCUT2D eigenvalue weighted by Crippen LogP contribution is -2.07. The number of nitriles is 1. The average molecular weight is 216 g/mol. The van der Waals surface area contributed by atoms with Crippen LogP contribution in [-0.4, -0.2) is 6.10 Å². The predicted molar refractivity (Wildman–Crippen MR) is 52.2 cm³/mol. The second kappa shape index (κ2) is 4.36. The third-order valence-corrected chi connectivity index (χ3v) is 2.12. The van der Waals surface area contributed by atoms with E-state index in [0.29, 0.717) is 15.8 Å². The maximum absolute atomic E-state index is 8.49. The van der Waals surface area contributed by atoms with Crippen molar-refractivity contribution in [2.75, 3.05) is 0 Å². The van der Waals surface area contributed by atoms with Crippen LogP contribution in [0, 0.1) is 11.3 Å². The molecule has 0 radical (unpaired) electrons. The Morgan fingerprint density at radius 3 is 2.62 bits per heavy atom. The molecule has 2 nitrogen and oxygen atoms in total. The number of rotatable bonds is 2. The first-order valence-electron chi connectivity index (χ1n) is 3.65. The molecular formula is C9H7Cl2NO. The molecule has 68 valence electrons. The molecule has 4 heteroatoms. The maximum Gasteiger partial charge on any atom is 0.181 e. The highest BCUT2D eigenvalue weighted by Gasteiger charge is 2.03. The Balaban J connectivity index is 2.81. The van der Waals surface area contributed by atoms with Gasteiger partial charge in [0.2, 0.25) is 0 Å². The molecule has 13 heavy (non-hydrogen) atoms. The summed E-state index contributed by atoms with van der Waals surface area (Å²) < 4.78 is 5.20. The largest absolute Gasteiger partial charge is 0.476 e. The van der Waals surface area contributed by atoms with Crippen LogP contribution in [0.2, 0.25) is 10.0 Å². The van der Waals surface area contributed by atoms with E-state index in [2.05, 4.69) is 0 Å². The number of hydrogen-bond acceptors (Lipinski definition) is 2. The molecule has 0 fully saturated rings. The number of benzene rings is 1. The van der Waals surface area contributed by atoms with Gasteiger partial charge in [0.1, 0.15) is 11.8 Å². The minimum absolute atomic E-state index is 0.421. The molecule has 0 heterocycles. The van der Waals surface area contributed by atoms with E-state index in [0.717, 1.165) is 0 Å². The zero-order valence-electron chi connectivity index (χ0n) is 6.92. The van der Waals surface area contributed by atoms with Gasteiger partial charge in [-0.15, -0.1) is 0 Å². The standard InChI is InChI=1S/C9H7Cl2NO/c1-6(5-12)13-7-2-3-8(10)9(11)4-7/h2-4,6H,1H3. The van der Waals surface area contributed by atoms with E-state index in [-0.39, 0.29) is 0 Å². The third-order valence-electron chi connectivity index (χ3n) is 1.39. The molecule has 0 aliphatic heterocycles. The molecule has 1 aromatic rings. The Morgan fingerprint density at radius 1 is 1.38 bits per heavy atom. The fourth-order valence-corrected chi connectivity index (χ4v) is 1.07. The number of hydrogen-bond donors (Lipinski definition) is 0. The third kappa shape index (κ3) is 2.80. The van der Waals surface area contributed by atoms with Crippen molar-refractivity contribution in [2.45, 2.75) is 13.0 Å². The van der Waals surface area contributed by atoms with Crippen LogP contribution in [0.4, 0.5) is 0 Å². The molecule has 0 saturated heterocycles. The van der Waals surface area contributed by atoms with Crippen LogP contribution in [-0.2, 0) is 0 Å². The van der Waals surface area contributed by atoms with Crippen molar-refractivity contribution in [2.24, 2.45) is 0 Å². The van der Waals surface area contributed by atoms with Gasteiger partial charge in [-0.2, -0.15) is 5.26 Å². The van der Waals surface area contributed by atoms with Crippen LogP contribution in [0.5, 0.6) is 5.75 Å². The topological polar surface area (TPSA) is 33.0 Å². The maximum atomic E-state index is 8.49. The van der Waals surface area contributed by atoms with Crippen molar-refractivity contribution < 1.29 is 4.74 Å². The number of nitrogens with zero attached hydrogens (tertiary/aromatic N) is 1. The Hall–Kier alpha value is -0.910. The molecule has 0 N–H and O–H groups in total. The summed E-state index contributed by atoms with van der Waals surface area (Å²) in [4.78, 5) is 0. The highest BCUT2D eigenvalue weighted by molar-refractivity contribution is 6.42.